The monoisotopic (exact) mass is 200 g/mol. The van der Waals surface area contributed by atoms with E-state index in [0.717, 1.165) is 11.3 Å². The summed E-state index contributed by atoms with van der Waals surface area (Å²) < 4.78 is 5.49. The van der Waals surface area contributed by atoms with Crippen LogP contribution in [0.25, 0.3) is 11.3 Å². The third-order valence-electron chi connectivity index (χ3n) is 2.66. The number of hydrogen-bond donors (Lipinski definition) is 0. The van der Waals surface area contributed by atoms with E-state index in [2.05, 4.69) is 18.7 Å². The highest BCUT2D eigenvalue weighted by atomic mass is 16.5. The van der Waals surface area contributed by atoms with Crippen molar-refractivity contribution in [1.82, 2.24) is 0 Å². The minimum atomic E-state index is 1.05. The summed E-state index contributed by atoms with van der Waals surface area (Å²) in [6.45, 7) is 6.04. The van der Waals surface area contributed by atoms with Crippen LogP contribution < -0.4 is 0 Å². The molecule has 0 N–H and O–H groups in total. The first kappa shape index (κ1) is 10.0. The average Bonchev–Trinajstić information content (AvgIpc) is 3.04. The largest absolute Gasteiger partial charge is 0.496 e. The maximum Gasteiger partial charge on any atom is 0.125 e. The lowest BCUT2D eigenvalue weighted by Crippen LogP contribution is -1.93. The third kappa shape index (κ3) is 1.96. The van der Waals surface area contributed by atoms with Gasteiger partial charge >= 0.3 is 0 Å². The van der Waals surface area contributed by atoms with E-state index < -0.39 is 0 Å². The lowest BCUT2D eigenvalue weighted by molar-refractivity contribution is 0.368. The van der Waals surface area contributed by atoms with E-state index in [1.54, 1.807) is 7.11 Å². The molecule has 1 heteroatoms. The van der Waals surface area contributed by atoms with Gasteiger partial charge in [0.15, 0.2) is 0 Å². The minimum Gasteiger partial charge on any atom is -0.496 e. The molecule has 1 aliphatic rings. The van der Waals surface area contributed by atoms with Crippen LogP contribution in [0.5, 0.6) is 0 Å². The number of methoxy groups -OCH3 is 1. The Morgan fingerprint density at radius 2 is 1.80 bits per heavy atom. The fraction of sp³-hybridized carbons (Fsp3) is 0.286. The van der Waals surface area contributed by atoms with Crippen LogP contribution in [0.15, 0.2) is 36.4 Å². The van der Waals surface area contributed by atoms with Gasteiger partial charge in [0.1, 0.15) is 5.76 Å². The molecule has 0 bridgehead atoms. The predicted molar refractivity (Wildman–Crippen MR) is 64.3 cm³/mol. The highest BCUT2D eigenvalue weighted by Crippen LogP contribution is 2.38. The van der Waals surface area contributed by atoms with Gasteiger partial charge in [0.25, 0.3) is 0 Å². The Labute approximate surface area is 91.1 Å². The van der Waals surface area contributed by atoms with Gasteiger partial charge in [0, 0.05) is 5.56 Å². The maximum atomic E-state index is 5.49. The van der Waals surface area contributed by atoms with E-state index in [0.29, 0.717) is 0 Å². The average molecular weight is 200 g/mol. The zero-order valence-electron chi connectivity index (χ0n) is 9.34. The third-order valence-corrected chi connectivity index (χ3v) is 2.66. The van der Waals surface area contributed by atoms with E-state index >= 15 is 0 Å². The molecule has 15 heavy (non-hydrogen) atoms. The van der Waals surface area contributed by atoms with Crippen molar-refractivity contribution in [3.63, 3.8) is 0 Å². The Morgan fingerprint density at radius 1 is 1.20 bits per heavy atom. The van der Waals surface area contributed by atoms with Crippen LogP contribution in [0, 0.1) is 0 Å². The van der Waals surface area contributed by atoms with Gasteiger partial charge in [-0.15, -0.1) is 0 Å². The number of ether oxygens (including phenoxy) is 1. The summed E-state index contributed by atoms with van der Waals surface area (Å²) in [6.07, 6.45) is 2.35. The lowest BCUT2D eigenvalue weighted by Gasteiger charge is -2.11. The van der Waals surface area contributed by atoms with Crippen molar-refractivity contribution in [1.29, 1.82) is 0 Å². The van der Waals surface area contributed by atoms with Gasteiger partial charge in [0.2, 0.25) is 0 Å². The summed E-state index contributed by atoms with van der Waals surface area (Å²) in [5.41, 5.74) is 4.88. The van der Waals surface area contributed by atoms with Crippen molar-refractivity contribution >= 4 is 11.3 Å². The summed E-state index contributed by atoms with van der Waals surface area (Å²) in [5.74, 6) is 1.05. The standard InChI is InChI=1S/C14H16O/c1-10(2)12-6-4-5-7-13(12)14(15-3)11-8-9-11/h4-7H,1,8-9H2,2-3H3. The van der Waals surface area contributed by atoms with Crippen LogP contribution >= 0.6 is 0 Å². The summed E-state index contributed by atoms with van der Waals surface area (Å²) in [4.78, 5) is 0. The molecule has 0 amide bonds. The van der Waals surface area contributed by atoms with Crippen molar-refractivity contribution in [2.75, 3.05) is 7.11 Å². The number of allylic oxidation sites excluding steroid dienone is 2. The van der Waals surface area contributed by atoms with Crippen LogP contribution in [-0.4, -0.2) is 7.11 Å². The quantitative estimate of drug-likeness (QED) is 0.673. The molecule has 0 atom stereocenters. The molecule has 0 unspecified atom stereocenters. The van der Waals surface area contributed by atoms with Crippen LogP contribution in [-0.2, 0) is 4.74 Å². The van der Waals surface area contributed by atoms with Gasteiger partial charge in [0.05, 0.1) is 7.11 Å². The SMILES string of the molecule is C=C(C)c1ccccc1C(OC)=C1CC1. The second kappa shape index (κ2) is 3.93. The smallest absolute Gasteiger partial charge is 0.125 e. The Kier molecular flexibility index (Phi) is 2.63. The fourth-order valence-electron chi connectivity index (χ4n) is 1.79. The molecule has 0 aliphatic heterocycles. The van der Waals surface area contributed by atoms with Gasteiger partial charge in [-0.25, -0.2) is 0 Å². The Bertz CT molecular complexity index is 421. The molecule has 1 fully saturated rings. The maximum absolute atomic E-state index is 5.49. The second-order valence-electron chi connectivity index (χ2n) is 3.96. The van der Waals surface area contributed by atoms with Gasteiger partial charge in [-0.2, -0.15) is 0 Å². The molecule has 0 saturated heterocycles. The van der Waals surface area contributed by atoms with Crippen molar-refractivity contribution in [3.8, 4) is 0 Å². The first-order chi connectivity index (χ1) is 7.24. The highest BCUT2D eigenvalue weighted by molar-refractivity contribution is 5.78. The van der Waals surface area contributed by atoms with Crippen LogP contribution in [0.2, 0.25) is 0 Å². The van der Waals surface area contributed by atoms with E-state index in [1.165, 1.54) is 29.5 Å². The number of rotatable bonds is 3. The van der Waals surface area contributed by atoms with Crippen molar-refractivity contribution in [3.05, 3.63) is 47.5 Å². The van der Waals surface area contributed by atoms with Crippen LogP contribution in [0.1, 0.15) is 30.9 Å². The van der Waals surface area contributed by atoms with E-state index in [9.17, 15) is 0 Å². The number of hydrogen-bond acceptors (Lipinski definition) is 1. The lowest BCUT2D eigenvalue weighted by atomic mass is 10.00. The first-order valence-corrected chi connectivity index (χ1v) is 5.25. The van der Waals surface area contributed by atoms with Gasteiger partial charge < -0.3 is 4.74 Å². The van der Waals surface area contributed by atoms with Crippen molar-refractivity contribution < 1.29 is 4.74 Å². The minimum absolute atomic E-state index is 1.05. The summed E-state index contributed by atoms with van der Waals surface area (Å²) >= 11 is 0. The summed E-state index contributed by atoms with van der Waals surface area (Å²) in [7, 11) is 1.75. The summed E-state index contributed by atoms with van der Waals surface area (Å²) in [5, 5.41) is 0. The van der Waals surface area contributed by atoms with E-state index in [1.807, 2.05) is 19.1 Å². The molecule has 1 nitrogen and oxygen atoms in total. The Hall–Kier alpha value is -1.50. The molecule has 0 heterocycles. The molecule has 2 rings (SSSR count). The van der Waals surface area contributed by atoms with E-state index in [-0.39, 0.29) is 0 Å². The molecule has 78 valence electrons. The molecule has 0 radical (unpaired) electrons. The molecule has 1 aromatic rings. The molecule has 1 aliphatic carbocycles. The molecule has 1 aromatic carbocycles. The summed E-state index contributed by atoms with van der Waals surface area (Å²) in [6, 6.07) is 8.29. The fourth-order valence-corrected chi connectivity index (χ4v) is 1.79. The van der Waals surface area contributed by atoms with E-state index in [4.69, 9.17) is 4.74 Å². The van der Waals surface area contributed by atoms with Gasteiger partial charge in [-0.1, -0.05) is 36.4 Å². The molecular weight excluding hydrogens is 184 g/mol. The van der Waals surface area contributed by atoms with Gasteiger partial charge in [-0.05, 0) is 30.9 Å². The zero-order valence-corrected chi connectivity index (χ0v) is 9.34. The normalized spacial score (nSPS) is 13.6. The Morgan fingerprint density at radius 3 is 2.27 bits per heavy atom. The molecule has 0 aromatic heterocycles. The second-order valence-corrected chi connectivity index (χ2v) is 3.96. The zero-order chi connectivity index (χ0) is 10.8. The molecule has 1 saturated carbocycles. The van der Waals surface area contributed by atoms with Gasteiger partial charge in [-0.3, -0.25) is 0 Å². The number of benzene rings is 1. The van der Waals surface area contributed by atoms with Crippen LogP contribution in [0.3, 0.4) is 0 Å². The highest BCUT2D eigenvalue weighted by Gasteiger charge is 2.21. The van der Waals surface area contributed by atoms with Crippen molar-refractivity contribution in [2.45, 2.75) is 19.8 Å². The first-order valence-electron chi connectivity index (χ1n) is 5.25. The van der Waals surface area contributed by atoms with Crippen LogP contribution in [0.4, 0.5) is 0 Å². The molecule has 0 spiro atoms. The predicted octanol–water partition coefficient (Wildman–Crippen LogP) is 3.87. The molecular formula is C14H16O. The topological polar surface area (TPSA) is 9.23 Å². The Balaban J connectivity index is 2.52. The van der Waals surface area contributed by atoms with Crippen molar-refractivity contribution in [2.24, 2.45) is 0 Å².